The average molecular weight is 521 g/mol. The minimum Gasteiger partial charge on any atom is -0.495 e. The molecule has 9 heteroatoms. The molecule has 0 heterocycles. The van der Waals surface area contributed by atoms with E-state index in [9.17, 15) is 4.79 Å². The van der Waals surface area contributed by atoms with Crippen LogP contribution < -0.4 is 39.5 Å². The first-order chi connectivity index (χ1) is 18.4. The van der Waals surface area contributed by atoms with E-state index in [2.05, 4.69) is 5.32 Å². The van der Waals surface area contributed by atoms with Gasteiger partial charge in [0, 0.05) is 6.08 Å². The topological polar surface area (TPSA) is 111 Å². The highest BCUT2D eigenvalue weighted by Crippen LogP contribution is 2.40. The zero-order valence-corrected chi connectivity index (χ0v) is 22.3. The van der Waals surface area contributed by atoms with Gasteiger partial charge in [-0.1, -0.05) is 18.2 Å². The second kappa shape index (κ2) is 13.0. The molecule has 0 saturated carbocycles. The van der Waals surface area contributed by atoms with E-state index in [1.165, 1.54) is 20.3 Å². The summed E-state index contributed by atoms with van der Waals surface area (Å²) in [7, 11) is 9.26. The largest absolute Gasteiger partial charge is 0.495 e. The van der Waals surface area contributed by atoms with Crippen molar-refractivity contribution in [2.24, 2.45) is 0 Å². The quantitative estimate of drug-likeness (QED) is 0.203. The minimum atomic E-state index is -0.356. The van der Waals surface area contributed by atoms with Crippen molar-refractivity contribution in [3.8, 4) is 34.5 Å². The molecular formula is C29H32N2O7. The molecule has 9 nitrogen and oxygen atoms in total. The van der Waals surface area contributed by atoms with E-state index in [1.807, 2.05) is 24.3 Å². The van der Waals surface area contributed by atoms with Gasteiger partial charge in [0.1, 0.15) is 5.75 Å². The lowest BCUT2D eigenvalue weighted by molar-refractivity contribution is -0.111. The van der Waals surface area contributed by atoms with E-state index in [0.29, 0.717) is 45.9 Å². The Morgan fingerprint density at radius 2 is 1.16 bits per heavy atom. The van der Waals surface area contributed by atoms with Crippen LogP contribution in [0.3, 0.4) is 0 Å². The van der Waals surface area contributed by atoms with E-state index in [4.69, 9.17) is 34.2 Å². The van der Waals surface area contributed by atoms with Crippen molar-refractivity contribution >= 4 is 35.5 Å². The number of nitrogens with one attached hydrogen (secondary N) is 1. The van der Waals surface area contributed by atoms with Crippen LogP contribution in [0.1, 0.15) is 16.7 Å². The normalized spacial score (nSPS) is 10.9. The summed E-state index contributed by atoms with van der Waals surface area (Å²) in [5, 5.41) is 2.86. The highest BCUT2D eigenvalue weighted by atomic mass is 16.5. The number of methoxy groups -OCH3 is 6. The van der Waals surface area contributed by atoms with Gasteiger partial charge in [0.05, 0.1) is 54.0 Å². The van der Waals surface area contributed by atoms with E-state index in [1.54, 1.807) is 64.8 Å². The molecule has 0 spiro atoms. The number of hydrogen-bond donors (Lipinski definition) is 2. The van der Waals surface area contributed by atoms with Crippen molar-refractivity contribution in [3.05, 3.63) is 65.2 Å². The predicted octanol–water partition coefficient (Wildman–Crippen LogP) is 5.14. The van der Waals surface area contributed by atoms with E-state index in [0.717, 1.165) is 16.7 Å². The van der Waals surface area contributed by atoms with Crippen molar-refractivity contribution in [2.45, 2.75) is 0 Å². The molecule has 38 heavy (non-hydrogen) atoms. The summed E-state index contributed by atoms with van der Waals surface area (Å²) in [6, 6.07) is 12.5. The SMILES string of the molecule is COc1ccc(/C=C\C(=O)Nc2cc(/C=C\c3cc(OC)c(OC)c(OC)c3)cc(OC)c2OC)cc1N. The number of rotatable bonds is 11. The van der Waals surface area contributed by atoms with Crippen molar-refractivity contribution in [1.29, 1.82) is 0 Å². The summed E-state index contributed by atoms with van der Waals surface area (Å²) in [5.41, 5.74) is 9.21. The highest BCUT2D eigenvalue weighted by Gasteiger charge is 2.15. The number of anilines is 2. The van der Waals surface area contributed by atoms with Gasteiger partial charge < -0.3 is 39.5 Å². The van der Waals surface area contributed by atoms with Crippen LogP contribution in [0, 0.1) is 0 Å². The third-order valence-electron chi connectivity index (χ3n) is 5.60. The zero-order valence-electron chi connectivity index (χ0n) is 22.3. The highest BCUT2D eigenvalue weighted by molar-refractivity contribution is 6.03. The Morgan fingerprint density at radius 1 is 0.632 bits per heavy atom. The maximum Gasteiger partial charge on any atom is 0.248 e. The summed E-state index contributed by atoms with van der Waals surface area (Å²) in [6.45, 7) is 0. The Morgan fingerprint density at radius 3 is 1.66 bits per heavy atom. The molecule has 0 aliphatic heterocycles. The first-order valence-electron chi connectivity index (χ1n) is 11.5. The van der Waals surface area contributed by atoms with Gasteiger partial charge in [0.15, 0.2) is 23.0 Å². The molecule has 0 radical (unpaired) electrons. The summed E-state index contributed by atoms with van der Waals surface area (Å²) in [6.07, 6.45) is 6.81. The van der Waals surface area contributed by atoms with E-state index in [-0.39, 0.29) is 5.91 Å². The fourth-order valence-electron chi connectivity index (χ4n) is 3.77. The first kappa shape index (κ1) is 27.8. The monoisotopic (exact) mass is 520 g/mol. The van der Waals surface area contributed by atoms with Crippen molar-refractivity contribution in [1.82, 2.24) is 0 Å². The molecule has 1 amide bonds. The third kappa shape index (κ3) is 6.50. The van der Waals surface area contributed by atoms with Crippen LogP contribution in [0.15, 0.2) is 48.5 Å². The Labute approximate surface area is 222 Å². The molecule has 0 bridgehead atoms. The lowest BCUT2D eigenvalue weighted by Gasteiger charge is -2.15. The number of hydrogen-bond acceptors (Lipinski definition) is 8. The molecule has 200 valence electrons. The van der Waals surface area contributed by atoms with Crippen LogP contribution in [0.5, 0.6) is 34.5 Å². The van der Waals surface area contributed by atoms with Crippen molar-refractivity contribution < 1.29 is 33.2 Å². The molecule has 0 aliphatic rings. The van der Waals surface area contributed by atoms with Crippen LogP contribution in [0.25, 0.3) is 18.2 Å². The van der Waals surface area contributed by atoms with Gasteiger partial charge in [-0.25, -0.2) is 0 Å². The number of carbonyl (C=O) groups is 1. The van der Waals surface area contributed by atoms with Gasteiger partial charge in [-0.15, -0.1) is 0 Å². The Kier molecular flexibility index (Phi) is 9.48. The molecule has 0 fully saturated rings. The van der Waals surface area contributed by atoms with Gasteiger partial charge in [-0.2, -0.15) is 0 Å². The van der Waals surface area contributed by atoms with E-state index < -0.39 is 0 Å². The molecule has 0 aliphatic carbocycles. The maximum absolute atomic E-state index is 12.7. The lowest BCUT2D eigenvalue weighted by atomic mass is 10.1. The molecule has 0 unspecified atom stereocenters. The van der Waals surface area contributed by atoms with Crippen molar-refractivity contribution in [2.75, 3.05) is 53.7 Å². The maximum atomic E-state index is 12.7. The fraction of sp³-hybridized carbons (Fsp3) is 0.207. The molecule has 0 atom stereocenters. The standard InChI is InChI=1S/C29H32N2O7/c1-33-23-11-9-18(13-21(23)30)10-12-27(32)31-22-14-19(15-24(34-2)28(22)37-5)7-8-20-16-25(35-3)29(38-6)26(17-20)36-4/h7-17H,30H2,1-6H3,(H,31,32)/b8-7-,12-10-. The number of nitrogen functional groups attached to an aromatic ring is 1. The molecular weight excluding hydrogens is 488 g/mol. The van der Waals surface area contributed by atoms with Gasteiger partial charge in [-0.3, -0.25) is 4.79 Å². The fourth-order valence-corrected chi connectivity index (χ4v) is 3.77. The third-order valence-corrected chi connectivity index (χ3v) is 5.60. The number of carbonyl (C=O) groups excluding carboxylic acids is 1. The smallest absolute Gasteiger partial charge is 0.248 e. The second-order valence-corrected chi connectivity index (χ2v) is 7.92. The Balaban J connectivity index is 1.89. The van der Waals surface area contributed by atoms with Crippen LogP contribution in [0.4, 0.5) is 11.4 Å². The summed E-state index contributed by atoms with van der Waals surface area (Å²) in [4.78, 5) is 12.7. The van der Waals surface area contributed by atoms with Gasteiger partial charge in [0.25, 0.3) is 0 Å². The number of ether oxygens (including phenoxy) is 6. The van der Waals surface area contributed by atoms with Crippen LogP contribution >= 0.6 is 0 Å². The summed E-state index contributed by atoms with van der Waals surface area (Å²) < 4.78 is 32.4. The van der Waals surface area contributed by atoms with Gasteiger partial charge >= 0.3 is 0 Å². The number of benzene rings is 3. The second-order valence-electron chi connectivity index (χ2n) is 7.92. The molecule has 3 N–H and O–H groups in total. The predicted molar refractivity (Wildman–Crippen MR) is 150 cm³/mol. The van der Waals surface area contributed by atoms with Crippen LogP contribution in [0.2, 0.25) is 0 Å². The van der Waals surface area contributed by atoms with Gasteiger partial charge in [0.2, 0.25) is 11.7 Å². The summed E-state index contributed by atoms with van der Waals surface area (Å²) in [5.74, 6) is 2.66. The summed E-state index contributed by atoms with van der Waals surface area (Å²) >= 11 is 0. The molecule has 3 aromatic rings. The van der Waals surface area contributed by atoms with Crippen LogP contribution in [-0.2, 0) is 4.79 Å². The van der Waals surface area contributed by atoms with Gasteiger partial charge in [-0.05, 0) is 59.2 Å². The lowest BCUT2D eigenvalue weighted by Crippen LogP contribution is -2.09. The Bertz CT molecular complexity index is 1320. The van der Waals surface area contributed by atoms with E-state index >= 15 is 0 Å². The zero-order chi connectivity index (χ0) is 27.7. The number of amides is 1. The first-order valence-corrected chi connectivity index (χ1v) is 11.5. The molecule has 0 saturated heterocycles. The average Bonchev–Trinajstić information content (AvgIpc) is 2.93. The van der Waals surface area contributed by atoms with Crippen molar-refractivity contribution in [3.63, 3.8) is 0 Å². The molecule has 3 rings (SSSR count). The minimum absolute atomic E-state index is 0.356. The molecule has 0 aromatic heterocycles. The molecule has 3 aromatic carbocycles. The Hall–Kier alpha value is -4.79. The number of nitrogens with two attached hydrogens (primary N) is 1. The van der Waals surface area contributed by atoms with Crippen LogP contribution in [-0.4, -0.2) is 48.6 Å².